The van der Waals surface area contributed by atoms with Gasteiger partial charge in [-0.2, -0.15) is 11.8 Å². The van der Waals surface area contributed by atoms with Crippen LogP contribution in [0.2, 0.25) is 0 Å². The molecule has 0 N–H and O–H groups in total. The Hall–Kier alpha value is -1.27. The Morgan fingerprint density at radius 1 is 1.25 bits per heavy atom. The van der Waals surface area contributed by atoms with Crippen LogP contribution >= 0.6 is 23.5 Å². The van der Waals surface area contributed by atoms with Gasteiger partial charge in [0.2, 0.25) is 11.6 Å². The minimum atomic E-state index is -0.124. The highest BCUT2D eigenvalue weighted by Gasteiger charge is 2.35. The van der Waals surface area contributed by atoms with Crippen LogP contribution in [0.3, 0.4) is 0 Å². The van der Waals surface area contributed by atoms with Gasteiger partial charge in [-0.15, -0.1) is 11.8 Å². The second-order valence-corrected chi connectivity index (χ2v) is 6.58. The van der Waals surface area contributed by atoms with Crippen LogP contribution in [0.25, 0.3) is 0 Å². The third-order valence-electron chi connectivity index (χ3n) is 3.44. The van der Waals surface area contributed by atoms with Crippen LogP contribution in [0.1, 0.15) is 20.8 Å². The van der Waals surface area contributed by atoms with E-state index in [1.807, 2.05) is 18.0 Å². The Morgan fingerprint density at radius 3 is 2.70 bits per heavy atom. The maximum atomic E-state index is 12.7. The molecule has 0 amide bonds. The van der Waals surface area contributed by atoms with Crippen LogP contribution in [0.5, 0.6) is 0 Å². The number of nitrogens with zero attached hydrogens (tertiary/aromatic N) is 2. The monoisotopic (exact) mass is 306 g/mol. The fourth-order valence-electron chi connectivity index (χ4n) is 2.48. The van der Waals surface area contributed by atoms with Gasteiger partial charge in [-0.1, -0.05) is 0 Å². The second kappa shape index (κ2) is 5.61. The van der Waals surface area contributed by atoms with Crippen molar-refractivity contribution in [3.8, 4) is 0 Å². The van der Waals surface area contributed by atoms with Gasteiger partial charge in [0.15, 0.2) is 0 Å². The van der Waals surface area contributed by atoms with Gasteiger partial charge >= 0.3 is 0 Å². The molecule has 1 fully saturated rings. The first-order chi connectivity index (χ1) is 9.74. The lowest BCUT2D eigenvalue weighted by Gasteiger charge is -2.33. The van der Waals surface area contributed by atoms with Crippen molar-refractivity contribution in [2.45, 2.75) is 0 Å². The number of carbonyl (C=O) groups is 2. The number of hydrogen-bond acceptors (Lipinski definition) is 6. The molecule has 0 unspecified atom stereocenters. The van der Waals surface area contributed by atoms with Crippen molar-refractivity contribution < 1.29 is 9.59 Å². The summed E-state index contributed by atoms with van der Waals surface area (Å²) in [5.41, 5.74) is 1.30. The van der Waals surface area contributed by atoms with E-state index in [9.17, 15) is 9.59 Å². The molecule has 2 heterocycles. The van der Waals surface area contributed by atoms with Crippen molar-refractivity contribution in [3.05, 3.63) is 40.2 Å². The van der Waals surface area contributed by atoms with Crippen LogP contribution in [0.4, 0.5) is 0 Å². The molecule has 0 spiro atoms. The Bertz CT molecular complexity index is 607. The number of allylic oxidation sites excluding steroid dienone is 2. The van der Waals surface area contributed by atoms with Crippen LogP contribution in [0, 0.1) is 0 Å². The molecule has 0 aromatic carbocycles. The number of fused-ring (bicyclic) bond motifs is 1. The van der Waals surface area contributed by atoms with Gasteiger partial charge in [0.05, 0.1) is 10.5 Å². The molecule has 1 saturated heterocycles. The zero-order valence-corrected chi connectivity index (χ0v) is 12.7. The van der Waals surface area contributed by atoms with E-state index < -0.39 is 0 Å². The van der Waals surface area contributed by atoms with Gasteiger partial charge in [0.1, 0.15) is 11.4 Å². The second-order valence-electron chi connectivity index (χ2n) is 4.54. The lowest BCUT2D eigenvalue weighted by molar-refractivity contribution is 0.0947. The maximum Gasteiger partial charge on any atom is 0.220 e. The molecule has 4 nitrogen and oxygen atoms in total. The molecule has 3 rings (SSSR count). The van der Waals surface area contributed by atoms with E-state index >= 15 is 0 Å². The summed E-state index contributed by atoms with van der Waals surface area (Å²) in [5.74, 6) is 1.80. The van der Waals surface area contributed by atoms with Crippen molar-refractivity contribution >= 4 is 35.1 Å². The van der Waals surface area contributed by atoms with Crippen LogP contribution in [-0.2, 0) is 0 Å². The summed E-state index contributed by atoms with van der Waals surface area (Å²) >= 11 is 3.22. The summed E-state index contributed by atoms with van der Waals surface area (Å²) in [4.78, 5) is 31.9. The first-order valence-electron chi connectivity index (χ1n) is 6.39. The fraction of sp³-hybridized carbons (Fsp3) is 0.357. The number of Topliss-reactive ketones (excluding diaryl/α,β-unsaturated/α-hetero) is 2. The zero-order valence-electron chi connectivity index (χ0n) is 11.1. The highest BCUT2D eigenvalue weighted by Crippen LogP contribution is 2.33. The first kappa shape index (κ1) is 13.7. The predicted octanol–water partition coefficient (Wildman–Crippen LogP) is 2.08. The molecule has 0 saturated carbocycles. The normalized spacial score (nSPS) is 19.4. The lowest BCUT2D eigenvalue weighted by atomic mass is 9.96. The van der Waals surface area contributed by atoms with Crippen LogP contribution in [-0.4, -0.2) is 52.3 Å². The number of ketones is 2. The van der Waals surface area contributed by atoms with Crippen LogP contribution < -0.4 is 0 Å². The average molecular weight is 306 g/mol. The summed E-state index contributed by atoms with van der Waals surface area (Å²) in [5, 5.41) is 0. The highest BCUT2D eigenvalue weighted by molar-refractivity contribution is 8.03. The summed E-state index contributed by atoms with van der Waals surface area (Å²) in [6.45, 7) is 1.64. The third-order valence-corrected chi connectivity index (χ3v) is 5.16. The first-order valence-corrected chi connectivity index (χ1v) is 8.77. The summed E-state index contributed by atoms with van der Waals surface area (Å²) in [6, 6.07) is 3.40. The van der Waals surface area contributed by atoms with E-state index in [4.69, 9.17) is 0 Å². The lowest BCUT2D eigenvalue weighted by Crippen LogP contribution is -2.38. The Balaban J connectivity index is 2.10. The van der Waals surface area contributed by atoms with E-state index in [0.717, 1.165) is 24.6 Å². The topological polar surface area (TPSA) is 50.3 Å². The molecule has 1 aliphatic heterocycles. The van der Waals surface area contributed by atoms with Crippen molar-refractivity contribution in [1.82, 2.24) is 9.88 Å². The molecule has 0 atom stereocenters. The van der Waals surface area contributed by atoms with Gasteiger partial charge in [0.25, 0.3) is 0 Å². The van der Waals surface area contributed by atoms with E-state index in [1.165, 1.54) is 11.8 Å². The highest BCUT2D eigenvalue weighted by atomic mass is 32.2. The summed E-state index contributed by atoms with van der Waals surface area (Å²) in [7, 11) is 0. The van der Waals surface area contributed by atoms with Gasteiger partial charge in [-0.05, 0) is 18.4 Å². The number of aromatic nitrogens is 1. The van der Waals surface area contributed by atoms with Gasteiger partial charge in [-0.3, -0.25) is 14.6 Å². The van der Waals surface area contributed by atoms with E-state index in [2.05, 4.69) is 9.88 Å². The summed E-state index contributed by atoms with van der Waals surface area (Å²) < 4.78 is 0. The van der Waals surface area contributed by atoms with E-state index in [1.54, 1.807) is 18.3 Å². The molecule has 6 heteroatoms. The number of carbonyl (C=O) groups excluding carboxylic acids is 2. The number of pyridine rings is 1. The Morgan fingerprint density at radius 2 is 2.00 bits per heavy atom. The molecule has 1 aromatic rings. The van der Waals surface area contributed by atoms with Gasteiger partial charge in [-0.25, -0.2) is 0 Å². The predicted molar refractivity (Wildman–Crippen MR) is 82.3 cm³/mol. The van der Waals surface area contributed by atoms with Crippen molar-refractivity contribution in [2.75, 3.05) is 30.9 Å². The van der Waals surface area contributed by atoms with Crippen molar-refractivity contribution in [3.63, 3.8) is 0 Å². The molecule has 1 aliphatic carbocycles. The van der Waals surface area contributed by atoms with E-state index in [0.29, 0.717) is 16.2 Å². The maximum absolute atomic E-state index is 12.7. The molecule has 0 radical (unpaired) electrons. The molecule has 1 aromatic heterocycles. The Labute approximate surface area is 126 Å². The van der Waals surface area contributed by atoms with Crippen LogP contribution in [0.15, 0.2) is 28.9 Å². The van der Waals surface area contributed by atoms with Crippen molar-refractivity contribution in [1.29, 1.82) is 0 Å². The van der Waals surface area contributed by atoms with Gasteiger partial charge in [0, 0.05) is 30.8 Å². The number of hydrogen-bond donors (Lipinski definition) is 0. The minimum absolute atomic E-state index is 0.0658. The standard InChI is InChI=1S/C14H14N2O2S2/c1-19-14-11(16-5-7-20-8-6-16)12(17)9-3-2-4-15-10(9)13(14)18/h2-4H,5-8H2,1H3. The largest absolute Gasteiger partial charge is 0.366 e. The molecule has 0 bridgehead atoms. The van der Waals surface area contributed by atoms with Gasteiger partial charge < -0.3 is 4.90 Å². The molecule has 2 aliphatic rings. The minimum Gasteiger partial charge on any atom is -0.366 e. The quantitative estimate of drug-likeness (QED) is 0.834. The summed E-state index contributed by atoms with van der Waals surface area (Å²) in [6.07, 6.45) is 3.40. The Kier molecular flexibility index (Phi) is 3.85. The van der Waals surface area contributed by atoms with E-state index in [-0.39, 0.29) is 17.3 Å². The SMILES string of the molecule is CSC1=C(N2CCSCC2)C(=O)c2cccnc2C1=O. The zero-order chi connectivity index (χ0) is 14.1. The number of rotatable bonds is 2. The van der Waals surface area contributed by atoms with Crippen molar-refractivity contribution in [2.24, 2.45) is 0 Å². The molecular formula is C14H14N2O2S2. The molecule has 104 valence electrons. The smallest absolute Gasteiger partial charge is 0.220 e. The molecule has 20 heavy (non-hydrogen) atoms. The molecular weight excluding hydrogens is 292 g/mol. The number of thioether (sulfide) groups is 2. The average Bonchev–Trinajstić information content (AvgIpc) is 2.51. The third kappa shape index (κ3) is 2.16. The fourth-order valence-corrected chi connectivity index (χ4v) is 4.08.